The van der Waals surface area contributed by atoms with Gasteiger partial charge in [0.25, 0.3) is 0 Å². The number of amides is 10. The second-order valence-corrected chi connectivity index (χ2v) is 25.0. The highest BCUT2D eigenvalue weighted by atomic mass is 16.4. The molecule has 1 fully saturated rings. The molecule has 4 rings (SSSR count). The fourth-order valence-electron chi connectivity index (χ4n) is 11.2. The number of aliphatic imine (C=N–C) groups is 3. The minimum atomic E-state index is -1.53. The molecule has 34 nitrogen and oxygen atoms in total. The van der Waals surface area contributed by atoms with E-state index in [-0.39, 0.29) is 121 Å². The first-order chi connectivity index (χ1) is 47.0. The number of aromatic amines is 1. The Labute approximate surface area is 575 Å². The van der Waals surface area contributed by atoms with Crippen molar-refractivity contribution in [1.29, 1.82) is 0 Å². The van der Waals surface area contributed by atoms with E-state index < -0.39 is 144 Å². The van der Waals surface area contributed by atoms with Gasteiger partial charge in [0.2, 0.25) is 59.1 Å². The smallest absolute Gasteiger partial charge is 0.326 e. The molecule has 99 heavy (non-hydrogen) atoms. The molecule has 1 aliphatic heterocycles. The standard InChI is InChI=1S/C65H104N22O12/c1-5-37(4)52(60(96)81-44(22-13-29-75-63(69)70)54(90)79-43(21-11-12-28-66)56(92)85-51(36(2)3)59(95)83-47(62(98)99)24-15-31-77-65(73)74)86-58(94)49-25-16-32-87(49)61(97)46(23-14-30-76-64(71)72)82-55(91)45(26-27-50(68)88)80-57(93)48(34-39-35-78-42-20-10-9-19-40(39)42)84-53(89)41(67)33-38-17-7-6-8-18-38/h6-10,17-20,35-37,41,43-49,51-52,78H,5,11-16,21-34,66-67H2,1-4H3,(H2,68,88)(H,79,90)(H,80,93)(H,81,96)(H,82,91)(H,83,95)(H,84,89)(H,85,92)(H,86,94)(H,98,99)(H4,69,70,75)(H4,71,72,76)(H4,73,74,77)/t37-,41-,43-,44-,45-,46-,47-,48-,49-,51-,52-/m0/s1. The summed E-state index contributed by atoms with van der Waals surface area (Å²) < 4.78 is 0. The number of carbonyl (C=O) groups is 11. The van der Waals surface area contributed by atoms with Crippen LogP contribution in [-0.4, -0.2) is 191 Å². The van der Waals surface area contributed by atoms with Crippen LogP contribution in [-0.2, 0) is 65.6 Å². The largest absolute Gasteiger partial charge is 0.480 e. The van der Waals surface area contributed by atoms with Crippen LogP contribution in [0.1, 0.15) is 129 Å². The van der Waals surface area contributed by atoms with E-state index in [9.17, 15) is 53.1 Å². The number of nitrogens with two attached hydrogens (primary N) is 9. The summed E-state index contributed by atoms with van der Waals surface area (Å²) in [4.78, 5) is 171. The van der Waals surface area contributed by atoms with Gasteiger partial charge in [-0.3, -0.25) is 62.9 Å². The Bertz CT molecular complexity index is 3280. The summed E-state index contributed by atoms with van der Waals surface area (Å²) >= 11 is 0. The van der Waals surface area contributed by atoms with Gasteiger partial charge in [0.1, 0.15) is 54.4 Å². The highest BCUT2D eigenvalue weighted by molar-refractivity contribution is 5.99. The highest BCUT2D eigenvalue weighted by Gasteiger charge is 2.42. The number of para-hydroxylation sites is 1. The maximum absolute atomic E-state index is 15.0. The fraction of sp³-hybridized carbons (Fsp3) is 0.569. The molecule has 11 atom stereocenters. The van der Waals surface area contributed by atoms with E-state index in [1.165, 1.54) is 4.90 Å². The number of carbonyl (C=O) groups excluding carboxylic acids is 10. The van der Waals surface area contributed by atoms with Crippen LogP contribution in [0.4, 0.5) is 0 Å². The zero-order valence-corrected chi connectivity index (χ0v) is 57.0. The van der Waals surface area contributed by atoms with Gasteiger partial charge in [-0.1, -0.05) is 82.6 Å². The van der Waals surface area contributed by atoms with Crippen molar-refractivity contribution in [3.05, 3.63) is 71.9 Å². The molecule has 2 heterocycles. The lowest BCUT2D eigenvalue weighted by atomic mass is 9.96. The predicted octanol–water partition coefficient (Wildman–Crippen LogP) is -3.51. The van der Waals surface area contributed by atoms with Gasteiger partial charge in [-0.25, -0.2) is 4.79 Å². The molecule has 28 N–H and O–H groups in total. The van der Waals surface area contributed by atoms with E-state index in [0.717, 1.165) is 16.5 Å². The van der Waals surface area contributed by atoms with Crippen LogP contribution in [0.3, 0.4) is 0 Å². The zero-order chi connectivity index (χ0) is 73.3. The van der Waals surface area contributed by atoms with E-state index in [1.807, 2.05) is 30.3 Å². The highest BCUT2D eigenvalue weighted by Crippen LogP contribution is 2.23. The van der Waals surface area contributed by atoms with Crippen LogP contribution in [0.2, 0.25) is 0 Å². The topological polar surface area (TPSA) is 595 Å². The SMILES string of the molecule is CC[C@H](C)[C@H](NC(=O)[C@@H]1CCCN1C(=O)[C@H](CCCN=C(N)N)NC(=O)[C@H](CCC(N)=O)NC(=O)[C@H](Cc1c[nH]c2ccccc12)NC(=O)[C@@H](N)Cc1ccccc1)C(=O)N[C@@H](CCCN=C(N)N)C(=O)N[C@@H](CCCCN)C(=O)N[C@H](C(=O)N[C@@H](CCCN=C(N)N)C(=O)O)C(C)C. The number of nitrogens with zero attached hydrogens (tertiary/aromatic N) is 4. The minimum Gasteiger partial charge on any atom is -0.480 e. The van der Waals surface area contributed by atoms with Gasteiger partial charge >= 0.3 is 5.97 Å². The Morgan fingerprint density at radius 2 is 1.04 bits per heavy atom. The van der Waals surface area contributed by atoms with Crippen LogP contribution in [0.25, 0.3) is 10.9 Å². The number of aliphatic carboxylic acids is 1. The van der Waals surface area contributed by atoms with Gasteiger partial charge in [-0.05, 0) is 119 Å². The number of likely N-dealkylation sites (tertiary alicyclic amines) is 1. The number of aromatic nitrogens is 1. The van der Waals surface area contributed by atoms with Gasteiger partial charge < -0.3 is 109 Å². The Kier molecular flexibility index (Phi) is 34.4. The minimum absolute atomic E-state index is 0.00939. The average Bonchev–Trinajstić information content (AvgIpc) is 1.74. The van der Waals surface area contributed by atoms with Gasteiger partial charge in [0.05, 0.1) is 6.04 Å². The molecule has 1 saturated heterocycles. The number of carboxylic acids is 1. The van der Waals surface area contributed by atoms with Crippen molar-refractivity contribution in [3.63, 3.8) is 0 Å². The second-order valence-electron chi connectivity index (χ2n) is 25.0. The molecule has 0 aliphatic carbocycles. The van der Waals surface area contributed by atoms with Crippen molar-refractivity contribution in [2.75, 3.05) is 32.7 Å². The molecule has 0 bridgehead atoms. The number of H-pyrrole nitrogens is 1. The van der Waals surface area contributed by atoms with Crippen molar-refractivity contribution in [2.45, 2.75) is 191 Å². The molecule has 2 aromatic carbocycles. The first-order valence-corrected chi connectivity index (χ1v) is 33.5. The molecule has 0 saturated carbocycles. The quantitative estimate of drug-likeness (QED) is 0.0148. The fourth-order valence-corrected chi connectivity index (χ4v) is 11.2. The lowest BCUT2D eigenvalue weighted by Gasteiger charge is -2.32. The van der Waals surface area contributed by atoms with Crippen molar-refractivity contribution < 1.29 is 57.8 Å². The number of nitrogens with one attached hydrogen (secondary N) is 9. The third-order valence-electron chi connectivity index (χ3n) is 16.8. The van der Waals surface area contributed by atoms with Crippen molar-refractivity contribution in [1.82, 2.24) is 52.4 Å². The van der Waals surface area contributed by atoms with Gasteiger partial charge in [-0.2, -0.15) is 0 Å². The summed E-state index contributed by atoms with van der Waals surface area (Å²) in [7, 11) is 0. The number of primary amides is 1. The molecule has 3 aromatic rings. The maximum Gasteiger partial charge on any atom is 0.326 e. The molecule has 0 radical (unpaired) electrons. The van der Waals surface area contributed by atoms with Crippen LogP contribution in [0.15, 0.2) is 75.8 Å². The first kappa shape index (κ1) is 81.3. The summed E-state index contributed by atoms with van der Waals surface area (Å²) in [5.41, 5.74) is 53.2. The lowest BCUT2D eigenvalue weighted by Crippen LogP contribution is -2.61. The molecule has 34 heteroatoms. The van der Waals surface area contributed by atoms with Crippen molar-refractivity contribution in [2.24, 2.45) is 78.4 Å². The Morgan fingerprint density at radius 3 is 1.60 bits per heavy atom. The summed E-state index contributed by atoms with van der Waals surface area (Å²) in [5, 5.41) is 32.3. The number of unbranched alkanes of at least 4 members (excludes halogenated alkanes) is 1. The zero-order valence-electron chi connectivity index (χ0n) is 57.0. The van der Waals surface area contributed by atoms with Crippen LogP contribution in [0, 0.1) is 11.8 Å². The molecule has 1 aromatic heterocycles. The summed E-state index contributed by atoms with van der Waals surface area (Å²) in [6, 6.07) is 3.06. The normalized spacial score (nSPS) is 15.7. The van der Waals surface area contributed by atoms with E-state index >= 15 is 4.79 Å². The third kappa shape index (κ3) is 27.7. The van der Waals surface area contributed by atoms with E-state index in [2.05, 4.69) is 62.5 Å². The van der Waals surface area contributed by atoms with Crippen molar-refractivity contribution in [3.8, 4) is 0 Å². The van der Waals surface area contributed by atoms with E-state index in [4.69, 9.17) is 51.6 Å². The monoisotopic (exact) mass is 1380 g/mol. The Hall–Kier alpha value is -10.1. The molecule has 0 unspecified atom stereocenters. The number of rotatable bonds is 44. The summed E-state index contributed by atoms with van der Waals surface area (Å²) in [5.74, 6) is -11.1. The van der Waals surface area contributed by atoms with Gasteiger partial charge in [0, 0.05) is 56.1 Å². The Morgan fingerprint density at radius 1 is 0.556 bits per heavy atom. The van der Waals surface area contributed by atoms with Crippen molar-refractivity contribution >= 4 is 93.8 Å². The first-order valence-electron chi connectivity index (χ1n) is 33.5. The number of fused-ring (bicyclic) bond motifs is 1. The molecule has 546 valence electrons. The van der Waals surface area contributed by atoms with E-state index in [1.54, 1.807) is 58.2 Å². The van der Waals surface area contributed by atoms with Gasteiger partial charge in [-0.15, -0.1) is 0 Å². The lowest BCUT2D eigenvalue weighted by molar-refractivity contribution is -0.143. The van der Waals surface area contributed by atoms with Crippen LogP contribution < -0.4 is 94.1 Å². The predicted molar refractivity (Wildman–Crippen MR) is 373 cm³/mol. The Balaban J connectivity index is 1.61. The van der Waals surface area contributed by atoms with E-state index in [0.29, 0.717) is 31.2 Å². The molecule has 10 amide bonds. The molecular weight excluding hydrogens is 1280 g/mol. The average molecular weight is 1390 g/mol. The van der Waals surface area contributed by atoms with Crippen LogP contribution in [0.5, 0.6) is 0 Å². The number of hydrogen-bond acceptors (Lipinski definition) is 16. The maximum atomic E-state index is 15.0. The summed E-state index contributed by atoms with van der Waals surface area (Å²) in [6.45, 7) is 7.11. The molecular formula is C65H104N22O12. The molecule has 1 aliphatic rings. The number of hydrogen-bond donors (Lipinski definition) is 19. The second kappa shape index (κ2) is 41.9. The number of benzene rings is 2. The summed E-state index contributed by atoms with van der Waals surface area (Å²) in [6.07, 6.45) is 2.75. The number of guanidine groups is 3. The molecule has 0 spiro atoms. The third-order valence-corrected chi connectivity index (χ3v) is 16.8. The van der Waals surface area contributed by atoms with Gasteiger partial charge in [0.15, 0.2) is 17.9 Å². The number of carboxylic acid groups (broad SMARTS) is 1. The van der Waals surface area contributed by atoms with Crippen LogP contribution >= 0.6 is 0 Å².